The molecule has 1 fully saturated rings. The van der Waals surface area contributed by atoms with Crippen molar-refractivity contribution in [3.8, 4) is 5.88 Å². The van der Waals surface area contributed by atoms with Gasteiger partial charge in [-0.15, -0.1) is 0 Å². The SMILES string of the molecule is CC(C)Oc1cc(CNC(=O)C2(S(=O)(=O)c3ccccc3)CCCCC2)ccn1. The van der Waals surface area contributed by atoms with Crippen molar-refractivity contribution in [2.45, 2.75) is 68.2 Å². The highest BCUT2D eigenvalue weighted by atomic mass is 32.2. The molecule has 1 aromatic carbocycles. The van der Waals surface area contributed by atoms with Gasteiger partial charge in [0.05, 0.1) is 11.0 Å². The van der Waals surface area contributed by atoms with E-state index in [2.05, 4.69) is 10.3 Å². The summed E-state index contributed by atoms with van der Waals surface area (Å²) in [5.41, 5.74) is 0.812. The lowest BCUT2D eigenvalue weighted by Crippen LogP contribution is -2.53. The molecule has 156 valence electrons. The van der Waals surface area contributed by atoms with E-state index in [0.717, 1.165) is 24.8 Å². The fraction of sp³-hybridized carbons (Fsp3) is 0.455. The molecule has 0 unspecified atom stereocenters. The summed E-state index contributed by atoms with van der Waals surface area (Å²) in [6.07, 6.45) is 4.69. The lowest BCUT2D eigenvalue weighted by atomic mass is 9.87. The second kappa shape index (κ2) is 8.95. The molecule has 1 amide bonds. The van der Waals surface area contributed by atoms with E-state index in [1.807, 2.05) is 13.8 Å². The van der Waals surface area contributed by atoms with E-state index in [0.29, 0.717) is 18.7 Å². The summed E-state index contributed by atoms with van der Waals surface area (Å²) >= 11 is 0. The number of benzene rings is 1. The third-order valence-corrected chi connectivity index (χ3v) is 7.77. The van der Waals surface area contributed by atoms with Crippen molar-refractivity contribution in [3.05, 3.63) is 54.2 Å². The van der Waals surface area contributed by atoms with Gasteiger partial charge in [-0.25, -0.2) is 13.4 Å². The first-order valence-electron chi connectivity index (χ1n) is 10.0. The number of aromatic nitrogens is 1. The molecule has 2 aromatic rings. The normalized spacial score (nSPS) is 16.4. The lowest BCUT2D eigenvalue weighted by molar-refractivity contribution is -0.124. The Hall–Kier alpha value is -2.41. The van der Waals surface area contributed by atoms with E-state index >= 15 is 0 Å². The number of ether oxygens (including phenoxy) is 1. The highest BCUT2D eigenvalue weighted by Crippen LogP contribution is 2.39. The number of hydrogen-bond donors (Lipinski definition) is 1. The molecule has 1 aromatic heterocycles. The fourth-order valence-corrected chi connectivity index (χ4v) is 5.88. The molecule has 7 heteroatoms. The molecular weight excluding hydrogens is 388 g/mol. The predicted molar refractivity (Wildman–Crippen MR) is 111 cm³/mol. The van der Waals surface area contributed by atoms with Gasteiger partial charge >= 0.3 is 0 Å². The Bertz CT molecular complexity index is 936. The Balaban J connectivity index is 1.82. The van der Waals surface area contributed by atoms with Gasteiger partial charge in [0.1, 0.15) is 0 Å². The number of pyridine rings is 1. The topological polar surface area (TPSA) is 85.4 Å². The second-order valence-electron chi connectivity index (χ2n) is 7.72. The van der Waals surface area contributed by atoms with E-state index < -0.39 is 20.5 Å². The average molecular weight is 417 g/mol. The molecule has 0 radical (unpaired) electrons. The minimum Gasteiger partial charge on any atom is -0.475 e. The van der Waals surface area contributed by atoms with Crippen LogP contribution in [0.1, 0.15) is 51.5 Å². The van der Waals surface area contributed by atoms with Gasteiger partial charge in [-0.2, -0.15) is 0 Å². The number of carbonyl (C=O) groups is 1. The predicted octanol–water partition coefficient (Wildman–Crippen LogP) is 3.66. The van der Waals surface area contributed by atoms with Crippen molar-refractivity contribution < 1.29 is 17.9 Å². The molecular formula is C22H28N2O4S. The molecule has 6 nitrogen and oxygen atoms in total. The first-order chi connectivity index (χ1) is 13.8. The minimum absolute atomic E-state index is 0.00568. The van der Waals surface area contributed by atoms with Crippen LogP contribution >= 0.6 is 0 Å². The summed E-state index contributed by atoms with van der Waals surface area (Å²) in [4.78, 5) is 17.6. The van der Waals surface area contributed by atoms with Crippen LogP contribution < -0.4 is 10.1 Å². The fourth-order valence-electron chi connectivity index (χ4n) is 3.78. The van der Waals surface area contributed by atoms with Crippen molar-refractivity contribution >= 4 is 15.7 Å². The molecule has 0 bridgehead atoms. The summed E-state index contributed by atoms with van der Waals surface area (Å²) in [7, 11) is -3.80. The van der Waals surface area contributed by atoms with Crippen LogP contribution in [0.2, 0.25) is 0 Å². The van der Waals surface area contributed by atoms with Gasteiger partial charge in [0.2, 0.25) is 11.8 Å². The zero-order valence-corrected chi connectivity index (χ0v) is 17.7. The van der Waals surface area contributed by atoms with Gasteiger partial charge in [0, 0.05) is 18.8 Å². The molecule has 0 saturated heterocycles. The molecule has 1 N–H and O–H groups in total. The number of nitrogens with zero attached hydrogens (tertiary/aromatic N) is 1. The Morgan fingerprint density at radius 1 is 1.14 bits per heavy atom. The quantitative estimate of drug-likeness (QED) is 0.744. The maximum absolute atomic E-state index is 13.4. The van der Waals surface area contributed by atoms with Crippen LogP contribution in [0.15, 0.2) is 53.6 Å². The summed E-state index contributed by atoms with van der Waals surface area (Å²) in [6.45, 7) is 4.05. The standard InChI is InChI=1S/C22H28N2O4S/c1-17(2)28-20-15-18(11-14-23-20)16-24-21(25)22(12-7-4-8-13-22)29(26,27)19-9-5-3-6-10-19/h3,5-6,9-11,14-15,17H,4,7-8,12-13,16H2,1-2H3,(H,24,25). The van der Waals surface area contributed by atoms with Crippen LogP contribution in [-0.2, 0) is 21.2 Å². The maximum atomic E-state index is 13.4. The Morgan fingerprint density at radius 2 is 1.83 bits per heavy atom. The van der Waals surface area contributed by atoms with E-state index in [4.69, 9.17) is 4.74 Å². The van der Waals surface area contributed by atoms with Crippen LogP contribution in [0, 0.1) is 0 Å². The number of hydrogen-bond acceptors (Lipinski definition) is 5. The van der Waals surface area contributed by atoms with Crippen molar-refractivity contribution in [2.75, 3.05) is 0 Å². The lowest BCUT2D eigenvalue weighted by Gasteiger charge is -2.35. The summed E-state index contributed by atoms with van der Waals surface area (Å²) in [5.74, 6) is 0.0558. The van der Waals surface area contributed by atoms with Crippen molar-refractivity contribution in [1.82, 2.24) is 10.3 Å². The molecule has 1 aliphatic rings. The third kappa shape index (κ3) is 4.61. The van der Waals surface area contributed by atoms with Gasteiger partial charge in [-0.1, -0.05) is 37.5 Å². The van der Waals surface area contributed by atoms with Crippen LogP contribution in [0.3, 0.4) is 0 Å². The van der Waals surface area contributed by atoms with Crippen molar-refractivity contribution in [2.24, 2.45) is 0 Å². The van der Waals surface area contributed by atoms with Gasteiger partial charge in [0.25, 0.3) is 0 Å². The molecule has 1 heterocycles. The zero-order chi connectivity index (χ0) is 20.9. The molecule has 0 spiro atoms. The van der Waals surface area contributed by atoms with Crippen LogP contribution in [0.25, 0.3) is 0 Å². The van der Waals surface area contributed by atoms with Crippen molar-refractivity contribution in [1.29, 1.82) is 0 Å². The van der Waals surface area contributed by atoms with Crippen LogP contribution in [-0.4, -0.2) is 30.2 Å². The van der Waals surface area contributed by atoms with Gasteiger partial charge < -0.3 is 10.1 Å². The number of rotatable bonds is 7. The Kier molecular flexibility index (Phi) is 6.57. The highest BCUT2D eigenvalue weighted by Gasteiger charge is 2.51. The van der Waals surface area contributed by atoms with E-state index in [1.54, 1.807) is 48.7 Å². The molecule has 0 atom stereocenters. The van der Waals surface area contributed by atoms with Gasteiger partial charge in [0.15, 0.2) is 14.6 Å². The molecule has 29 heavy (non-hydrogen) atoms. The summed E-state index contributed by atoms with van der Waals surface area (Å²) < 4.78 is 31.1. The number of carbonyl (C=O) groups excluding carboxylic acids is 1. The zero-order valence-electron chi connectivity index (χ0n) is 16.9. The van der Waals surface area contributed by atoms with E-state index in [-0.39, 0.29) is 17.5 Å². The number of sulfone groups is 1. The molecule has 3 rings (SSSR count). The molecule has 1 saturated carbocycles. The summed E-state index contributed by atoms with van der Waals surface area (Å²) in [6, 6.07) is 11.8. The number of nitrogens with one attached hydrogen (secondary N) is 1. The smallest absolute Gasteiger partial charge is 0.242 e. The molecule has 0 aliphatic heterocycles. The minimum atomic E-state index is -3.80. The van der Waals surface area contributed by atoms with Crippen molar-refractivity contribution in [3.63, 3.8) is 0 Å². The van der Waals surface area contributed by atoms with Gasteiger partial charge in [-0.05, 0) is 50.5 Å². The number of amides is 1. The second-order valence-corrected chi connectivity index (χ2v) is 9.98. The monoisotopic (exact) mass is 416 g/mol. The van der Waals surface area contributed by atoms with Crippen LogP contribution in [0.4, 0.5) is 0 Å². The summed E-state index contributed by atoms with van der Waals surface area (Å²) in [5, 5.41) is 2.86. The Labute approximate surface area is 172 Å². The third-order valence-electron chi connectivity index (χ3n) is 5.25. The van der Waals surface area contributed by atoms with E-state index in [9.17, 15) is 13.2 Å². The van der Waals surface area contributed by atoms with E-state index in [1.165, 1.54) is 0 Å². The largest absolute Gasteiger partial charge is 0.475 e. The first-order valence-corrected chi connectivity index (χ1v) is 11.5. The molecule has 1 aliphatic carbocycles. The average Bonchev–Trinajstić information content (AvgIpc) is 2.73. The first kappa shape index (κ1) is 21.3. The Morgan fingerprint density at radius 3 is 2.48 bits per heavy atom. The van der Waals surface area contributed by atoms with Crippen LogP contribution in [0.5, 0.6) is 5.88 Å². The van der Waals surface area contributed by atoms with Gasteiger partial charge in [-0.3, -0.25) is 4.79 Å². The maximum Gasteiger partial charge on any atom is 0.242 e. The highest BCUT2D eigenvalue weighted by molar-refractivity contribution is 7.93.